The van der Waals surface area contributed by atoms with Crippen LogP contribution in [0.2, 0.25) is 0 Å². The van der Waals surface area contributed by atoms with Gasteiger partial charge in [-0.05, 0) is 24.3 Å². The topological polar surface area (TPSA) is 197 Å². The molecule has 2 rings (SSSR count). The lowest BCUT2D eigenvalue weighted by molar-refractivity contribution is -0.385. The second-order valence-corrected chi connectivity index (χ2v) is 8.92. The van der Waals surface area contributed by atoms with Gasteiger partial charge in [0.1, 0.15) is 0 Å². The fourth-order valence-electron chi connectivity index (χ4n) is 2.20. The molecule has 2 aromatic carbocycles. The Morgan fingerprint density at radius 2 is 1.06 bits per heavy atom. The lowest BCUT2D eigenvalue weighted by Crippen LogP contribution is -2.38. The normalized spacial score (nSPS) is 12.4. The van der Waals surface area contributed by atoms with Gasteiger partial charge in [-0.15, -0.1) is 0 Å². The van der Waals surface area contributed by atoms with E-state index >= 15 is 0 Å². The van der Waals surface area contributed by atoms with Gasteiger partial charge in [-0.25, -0.2) is 0 Å². The van der Waals surface area contributed by atoms with Gasteiger partial charge in [0.05, 0.1) is 21.9 Å². The highest BCUT2D eigenvalue weighted by Crippen LogP contribution is 2.23. The van der Waals surface area contributed by atoms with Gasteiger partial charge in [0.15, 0.2) is 0 Å². The molecule has 32 heavy (non-hydrogen) atoms. The van der Waals surface area contributed by atoms with Gasteiger partial charge in [0, 0.05) is 47.1 Å². The first kappa shape index (κ1) is 25.1. The van der Waals surface area contributed by atoms with Crippen LogP contribution in [0, 0.1) is 20.2 Å². The van der Waals surface area contributed by atoms with Crippen LogP contribution in [0.15, 0.2) is 48.5 Å². The standard InChI is InChI=1S/C18H20N6O6S2/c19-15(17(25)21-11-1-5-13(6-2-11)23(27)28)9-31-32-10-16(20)18(26)22-12-3-7-14(8-4-12)24(29)30/h1-8,15-16H,9-10,19-20H2,(H,21,25)(H,22,26)/t15-,16+. The smallest absolute Gasteiger partial charge is 0.269 e. The molecular weight excluding hydrogens is 460 g/mol. The molecule has 170 valence electrons. The van der Waals surface area contributed by atoms with Crippen LogP contribution >= 0.6 is 21.6 Å². The summed E-state index contributed by atoms with van der Waals surface area (Å²) < 4.78 is 0. The molecule has 2 aromatic rings. The number of rotatable bonds is 11. The fourth-order valence-corrected chi connectivity index (χ4v) is 4.44. The highest BCUT2D eigenvalue weighted by Gasteiger charge is 2.17. The van der Waals surface area contributed by atoms with E-state index in [1.54, 1.807) is 0 Å². The Kier molecular flexibility index (Phi) is 9.39. The van der Waals surface area contributed by atoms with Crippen molar-refractivity contribution in [2.24, 2.45) is 11.5 Å². The Morgan fingerprint density at radius 3 is 1.34 bits per heavy atom. The van der Waals surface area contributed by atoms with Gasteiger partial charge in [-0.1, -0.05) is 21.6 Å². The van der Waals surface area contributed by atoms with Gasteiger partial charge < -0.3 is 22.1 Å². The molecule has 2 atom stereocenters. The van der Waals surface area contributed by atoms with Crippen molar-refractivity contribution in [3.8, 4) is 0 Å². The number of carbonyl (C=O) groups is 2. The number of amides is 2. The highest BCUT2D eigenvalue weighted by molar-refractivity contribution is 8.76. The quantitative estimate of drug-likeness (QED) is 0.160. The number of hydrogen-bond donors (Lipinski definition) is 4. The fraction of sp³-hybridized carbons (Fsp3) is 0.222. The van der Waals surface area contributed by atoms with Crippen LogP contribution in [-0.2, 0) is 9.59 Å². The number of nitrogens with two attached hydrogens (primary N) is 2. The molecule has 0 saturated carbocycles. The van der Waals surface area contributed by atoms with Gasteiger partial charge in [-0.3, -0.25) is 29.8 Å². The molecule has 0 fully saturated rings. The van der Waals surface area contributed by atoms with Gasteiger partial charge in [0.2, 0.25) is 11.8 Å². The molecule has 0 heterocycles. The minimum atomic E-state index is -0.840. The molecule has 0 aromatic heterocycles. The lowest BCUT2D eigenvalue weighted by atomic mass is 10.2. The van der Waals surface area contributed by atoms with Crippen LogP contribution < -0.4 is 22.1 Å². The number of nitro benzene ring substituents is 2. The van der Waals surface area contributed by atoms with E-state index in [0.717, 1.165) is 0 Å². The molecule has 0 saturated heterocycles. The average Bonchev–Trinajstić information content (AvgIpc) is 2.77. The minimum Gasteiger partial charge on any atom is -0.325 e. The number of nitro groups is 2. The van der Waals surface area contributed by atoms with E-state index in [9.17, 15) is 29.8 Å². The summed E-state index contributed by atoms with van der Waals surface area (Å²) in [5, 5.41) is 26.4. The maximum absolute atomic E-state index is 12.1. The third-order valence-corrected chi connectivity index (χ3v) is 6.42. The van der Waals surface area contributed by atoms with Crippen LogP contribution in [0.25, 0.3) is 0 Å². The Morgan fingerprint density at radius 1 is 0.750 bits per heavy atom. The van der Waals surface area contributed by atoms with Gasteiger partial charge in [0.25, 0.3) is 11.4 Å². The number of hydrogen-bond acceptors (Lipinski definition) is 10. The SMILES string of the molecule is N[C@H](CSSC[C@H](N)C(=O)Nc1ccc([N+](=O)[O-])cc1)C(=O)Nc1ccc([N+](=O)[O-])cc1. The summed E-state index contributed by atoms with van der Waals surface area (Å²) in [6, 6.07) is 9.05. The molecule has 0 aliphatic carbocycles. The number of non-ortho nitro benzene ring substituents is 2. The van der Waals surface area contributed by atoms with E-state index in [0.29, 0.717) is 11.4 Å². The number of nitrogens with zero attached hydrogens (tertiary/aromatic N) is 2. The molecule has 0 spiro atoms. The molecule has 0 aliphatic heterocycles. The first-order chi connectivity index (χ1) is 15.2. The highest BCUT2D eigenvalue weighted by atomic mass is 33.1. The largest absolute Gasteiger partial charge is 0.325 e. The molecule has 0 unspecified atom stereocenters. The van der Waals surface area contributed by atoms with E-state index in [1.165, 1.54) is 70.1 Å². The zero-order valence-electron chi connectivity index (χ0n) is 16.5. The second kappa shape index (κ2) is 12.0. The lowest BCUT2D eigenvalue weighted by Gasteiger charge is -2.13. The van der Waals surface area contributed by atoms with Crippen molar-refractivity contribution < 1.29 is 19.4 Å². The zero-order valence-corrected chi connectivity index (χ0v) is 18.1. The summed E-state index contributed by atoms with van der Waals surface area (Å²) in [5.41, 5.74) is 12.3. The van der Waals surface area contributed by atoms with E-state index in [1.807, 2.05) is 0 Å². The average molecular weight is 481 g/mol. The van der Waals surface area contributed by atoms with Crippen molar-refractivity contribution in [2.45, 2.75) is 12.1 Å². The van der Waals surface area contributed by atoms with E-state index in [4.69, 9.17) is 11.5 Å². The first-order valence-corrected chi connectivity index (χ1v) is 11.5. The molecule has 6 N–H and O–H groups in total. The van der Waals surface area contributed by atoms with Crippen molar-refractivity contribution >= 4 is 56.2 Å². The van der Waals surface area contributed by atoms with E-state index in [2.05, 4.69) is 10.6 Å². The van der Waals surface area contributed by atoms with E-state index < -0.39 is 33.7 Å². The third kappa shape index (κ3) is 7.81. The Labute approximate surface area is 190 Å². The second-order valence-electron chi connectivity index (χ2n) is 6.37. The molecule has 14 heteroatoms. The Bertz CT molecular complexity index is 893. The summed E-state index contributed by atoms with van der Waals surface area (Å²) in [6.45, 7) is 0. The summed E-state index contributed by atoms with van der Waals surface area (Å²) in [5.74, 6) is -0.403. The number of benzene rings is 2. The Hall–Kier alpha value is -3.20. The van der Waals surface area contributed by atoms with Crippen molar-refractivity contribution in [3.63, 3.8) is 0 Å². The van der Waals surface area contributed by atoms with Crippen molar-refractivity contribution in [1.29, 1.82) is 0 Å². The predicted molar refractivity (Wildman–Crippen MR) is 124 cm³/mol. The summed E-state index contributed by atoms with van der Waals surface area (Å²) in [6.07, 6.45) is 0. The maximum Gasteiger partial charge on any atom is 0.269 e. The van der Waals surface area contributed by atoms with Crippen LogP contribution in [0.3, 0.4) is 0 Å². The molecule has 2 amide bonds. The van der Waals surface area contributed by atoms with Crippen molar-refractivity contribution in [1.82, 2.24) is 0 Å². The number of nitrogens with one attached hydrogen (secondary N) is 2. The summed E-state index contributed by atoms with van der Waals surface area (Å²) in [7, 11) is 2.54. The Balaban J connectivity index is 1.69. The van der Waals surface area contributed by atoms with Crippen LogP contribution in [-0.4, -0.2) is 45.3 Å². The molecule has 0 bridgehead atoms. The van der Waals surface area contributed by atoms with Crippen LogP contribution in [0.1, 0.15) is 0 Å². The summed E-state index contributed by atoms with van der Waals surface area (Å²) >= 11 is 0. The number of carbonyl (C=O) groups excluding carboxylic acids is 2. The van der Waals surface area contributed by atoms with Crippen molar-refractivity contribution in [2.75, 3.05) is 22.1 Å². The summed E-state index contributed by atoms with van der Waals surface area (Å²) in [4.78, 5) is 44.4. The van der Waals surface area contributed by atoms with Crippen LogP contribution in [0.4, 0.5) is 22.7 Å². The molecule has 12 nitrogen and oxygen atoms in total. The van der Waals surface area contributed by atoms with Crippen LogP contribution in [0.5, 0.6) is 0 Å². The molecular formula is C18H20N6O6S2. The first-order valence-electron chi connectivity index (χ1n) is 9.03. The number of anilines is 2. The molecule has 0 aliphatic rings. The maximum atomic E-state index is 12.1. The monoisotopic (exact) mass is 480 g/mol. The van der Waals surface area contributed by atoms with E-state index in [-0.39, 0.29) is 22.9 Å². The zero-order chi connectivity index (χ0) is 23.7. The van der Waals surface area contributed by atoms with Gasteiger partial charge >= 0.3 is 0 Å². The predicted octanol–water partition coefficient (Wildman–Crippen LogP) is 2.12. The van der Waals surface area contributed by atoms with Gasteiger partial charge in [-0.2, -0.15) is 0 Å². The third-order valence-electron chi connectivity index (χ3n) is 3.94. The molecule has 0 radical (unpaired) electrons. The van der Waals surface area contributed by atoms with Crippen molar-refractivity contribution in [3.05, 3.63) is 68.8 Å². The minimum absolute atomic E-state index is 0.0896.